The van der Waals surface area contributed by atoms with Crippen molar-refractivity contribution in [3.63, 3.8) is 0 Å². The molecule has 0 spiro atoms. The van der Waals surface area contributed by atoms with Gasteiger partial charge in [-0.2, -0.15) is 0 Å². The zero-order chi connectivity index (χ0) is 14.6. The van der Waals surface area contributed by atoms with Crippen molar-refractivity contribution in [2.24, 2.45) is 0 Å². The first kappa shape index (κ1) is 17.0. The third-order valence-electron chi connectivity index (χ3n) is 4.05. The minimum atomic E-state index is -1.81. The van der Waals surface area contributed by atoms with E-state index < -0.39 is 8.32 Å². The highest BCUT2D eigenvalue weighted by Gasteiger charge is 2.46. The molecule has 0 aliphatic carbocycles. The van der Waals surface area contributed by atoms with E-state index in [0.717, 1.165) is 10.2 Å². The molecule has 0 fully saturated rings. The van der Waals surface area contributed by atoms with Gasteiger partial charge in [0.1, 0.15) is 5.75 Å². The van der Waals surface area contributed by atoms with E-state index in [9.17, 15) is 0 Å². The number of hydrogen-bond acceptors (Lipinski definition) is 1. The molecule has 0 unspecified atom stereocenters. The summed E-state index contributed by atoms with van der Waals surface area (Å²) in [5, 5.41) is 0. The lowest BCUT2D eigenvalue weighted by molar-refractivity contribution is 0.479. The highest BCUT2D eigenvalue weighted by atomic mass is 127. The van der Waals surface area contributed by atoms with Gasteiger partial charge in [0, 0.05) is 4.43 Å². The maximum Gasteiger partial charge on any atom is 0.258 e. The van der Waals surface area contributed by atoms with Crippen LogP contribution in [0.1, 0.15) is 47.1 Å². The summed E-state index contributed by atoms with van der Waals surface area (Å²) in [5.74, 6) is 1.07. The Hall–Kier alpha value is -0.0331. The van der Waals surface area contributed by atoms with Crippen molar-refractivity contribution in [1.29, 1.82) is 0 Å². The van der Waals surface area contributed by atoms with Crippen molar-refractivity contribution >= 4 is 30.9 Å². The van der Waals surface area contributed by atoms with Crippen molar-refractivity contribution in [2.75, 3.05) is 0 Å². The van der Waals surface area contributed by atoms with Gasteiger partial charge in [-0.15, -0.1) is 0 Å². The molecule has 1 rings (SSSR count). The van der Waals surface area contributed by atoms with Gasteiger partial charge < -0.3 is 4.43 Å². The van der Waals surface area contributed by atoms with E-state index in [1.165, 1.54) is 5.56 Å². The molecule has 0 amide bonds. The molecule has 0 saturated heterocycles. The second kappa shape index (κ2) is 7.11. The van der Waals surface area contributed by atoms with Gasteiger partial charge in [-0.3, -0.25) is 0 Å². The summed E-state index contributed by atoms with van der Waals surface area (Å²) in [6.07, 6.45) is 0. The lowest BCUT2D eigenvalue weighted by Crippen LogP contribution is -2.50. The average molecular weight is 390 g/mol. The van der Waals surface area contributed by atoms with Gasteiger partial charge in [-0.05, 0) is 34.3 Å². The van der Waals surface area contributed by atoms with E-state index in [2.05, 4.69) is 88.4 Å². The molecule has 1 nitrogen and oxygen atoms in total. The second-order valence-electron chi connectivity index (χ2n) is 6.20. The summed E-state index contributed by atoms with van der Waals surface area (Å²) in [6.45, 7) is 14.0. The molecule has 0 saturated carbocycles. The molecule has 0 aliphatic rings. The molecule has 0 aliphatic heterocycles. The standard InChI is InChI=1S/C16H27IOSi/c1-12(2)19(13(3)4,14(5)6)18-16-9-7-8-15(10-16)11-17/h7-10,12-14H,11H2,1-6H3. The van der Waals surface area contributed by atoms with Gasteiger partial charge in [-0.1, -0.05) is 76.3 Å². The predicted octanol–water partition coefficient (Wildman–Crippen LogP) is 6.18. The average Bonchev–Trinajstić information content (AvgIpc) is 2.34. The normalized spacial score (nSPS) is 12.5. The molecule has 3 heteroatoms. The van der Waals surface area contributed by atoms with Gasteiger partial charge in [-0.25, -0.2) is 0 Å². The SMILES string of the molecule is CC(C)[Si](Oc1cccc(CI)c1)(C(C)C)C(C)C. The number of alkyl halides is 1. The van der Waals surface area contributed by atoms with E-state index in [4.69, 9.17) is 4.43 Å². The van der Waals surface area contributed by atoms with Gasteiger partial charge in [0.25, 0.3) is 8.32 Å². The Labute approximate surface area is 133 Å². The molecule has 19 heavy (non-hydrogen) atoms. The van der Waals surface area contributed by atoms with Crippen LogP contribution in [-0.4, -0.2) is 8.32 Å². The molecule has 0 N–H and O–H groups in total. The van der Waals surface area contributed by atoms with E-state index >= 15 is 0 Å². The Kier molecular flexibility index (Phi) is 6.37. The molecular weight excluding hydrogens is 363 g/mol. The predicted molar refractivity (Wildman–Crippen MR) is 95.8 cm³/mol. The molecular formula is C16H27IOSi. The molecule has 0 bridgehead atoms. The minimum Gasteiger partial charge on any atom is -0.543 e. The smallest absolute Gasteiger partial charge is 0.258 e. The fraction of sp³-hybridized carbons (Fsp3) is 0.625. The Balaban J connectivity index is 3.13. The largest absolute Gasteiger partial charge is 0.543 e. The Morgan fingerprint density at radius 1 is 1.00 bits per heavy atom. The lowest BCUT2D eigenvalue weighted by atomic mass is 10.2. The number of rotatable bonds is 6. The number of halogens is 1. The first-order valence-electron chi connectivity index (χ1n) is 7.18. The van der Waals surface area contributed by atoms with Crippen molar-refractivity contribution in [1.82, 2.24) is 0 Å². The van der Waals surface area contributed by atoms with Crippen LogP contribution in [-0.2, 0) is 4.43 Å². The van der Waals surface area contributed by atoms with Crippen molar-refractivity contribution < 1.29 is 4.43 Å². The van der Waals surface area contributed by atoms with E-state index in [1.54, 1.807) is 0 Å². The molecule has 0 radical (unpaired) electrons. The highest BCUT2D eigenvalue weighted by Crippen LogP contribution is 2.42. The summed E-state index contributed by atoms with van der Waals surface area (Å²) < 4.78 is 7.70. The quantitative estimate of drug-likeness (QED) is 0.320. The second-order valence-corrected chi connectivity index (χ2v) is 12.3. The first-order chi connectivity index (χ1) is 8.84. The number of hydrogen-bond donors (Lipinski definition) is 0. The van der Waals surface area contributed by atoms with Crippen LogP contribution in [0.5, 0.6) is 5.75 Å². The van der Waals surface area contributed by atoms with Gasteiger partial charge in [0.05, 0.1) is 0 Å². The molecule has 0 atom stereocenters. The fourth-order valence-corrected chi connectivity index (χ4v) is 8.97. The zero-order valence-corrected chi connectivity index (χ0v) is 16.2. The molecule has 0 heterocycles. The topological polar surface area (TPSA) is 9.23 Å². The van der Waals surface area contributed by atoms with Crippen LogP contribution >= 0.6 is 22.6 Å². The lowest BCUT2D eigenvalue weighted by Gasteiger charge is -2.42. The molecule has 108 valence electrons. The van der Waals surface area contributed by atoms with E-state index in [1.807, 2.05) is 0 Å². The van der Waals surface area contributed by atoms with Crippen molar-refractivity contribution in [3.05, 3.63) is 29.8 Å². The third kappa shape index (κ3) is 3.75. The van der Waals surface area contributed by atoms with Crippen LogP contribution in [0.3, 0.4) is 0 Å². The highest BCUT2D eigenvalue weighted by molar-refractivity contribution is 14.1. The minimum absolute atomic E-state index is 0.621. The maximum absolute atomic E-state index is 6.66. The maximum atomic E-state index is 6.66. The zero-order valence-electron chi connectivity index (χ0n) is 13.0. The Morgan fingerprint density at radius 3 is 1.95 bits per heavy atom. The van der Waals surface area contributed by atoms with E-state index in [0.29, 0.717) is 16.6 Å². The molecule has 0 aromatic heterocycles. The van der Waals surface area contributed by atoms with Crippen LogP contribution in [0.15, 0.2) is 24.3 Å². The number of benzene rings is 1. The van der Waals surface area contributed by atoms with Crippen molar-refractivity contribution in [2.45, 2.75) is 62.6 Å². The van der Waals surface area contributed by atoms with Gasteiger partial charge in [0.15, 0.2) is 0 Å². The Morgan fingerprint density at radius 2 is 1.53 bits per heavy atom. The monoisotopic (exact) mass is 390 g/mol. The summed E-state index contributed by atoms with van der Waals surface area (Å²) in [7, 11) is -1.81. The third-order valence-corrected chi connectivity index (χ3v) is 10.9. The Bertz CT molecular complexity index is 380. The van der Waals surface area contributed by atoms with Crippen LogP contribution < -0.4 is 4.43 Å². The summed E-state index contributed by atoms with van der Waals surface area (Å²) >= 11 is 2.40. The summed E-state index contributed by atoms with van der Waals surface area (Å²) in [6, 6.07) is 8.61. The van der Waals surface area contributed by atoms with Crippen molar-refractivity contribution in [3.8, 4) is 5.75 Å². The summed E-state index contributed by atoms with van der Waals surface area (Å²) in [4.78, 5) is 0. The van der Waals surface area contributed by atoms with Crippen LogP contribution in [0.4, 0.5) is 0 Å². The van der Waals surface area contributed by atoms with Crippen LogP contribution in [0, 0.1) is 0 Å². The van der Waals surface area contributed by atoms with Crippen LogP contribution in [0.25, 0.3) is 0 Å². The first-order valence-corrected chi connectivity index (χ1v) is 10.8. The van der Waals surface area contributed by atoms with E-state index in [-0.39, 0.29) is 0 Å². The van der Waals surface area contributed by atoms with Gasteiger partial charge in [0.2, 0.25) is 0 Å². The van der Waals surface area contributed by atoms with Crippen LogP contribution in [0.2, 0.25) is 16.6 Å². The molecule has 1 aromatic rings. The summed E-state index contributed by atoms with van der Waals surface area (Å²) in [5.41, 5.74) is 3.21. The molecule has 1 aromatic carbocycles. The fourth-order valence-electron chi connectivity index (χ4n) is 3.25. The van der Waals surface area contributed by atoms with Gasteiger partial charge >= 0.3 is 0 Å².